The van der Waals surface area contributed by atoms with Gasteiger partial charge in [-0.2, -0.15) is 8.42 Å². The molecular formula is C16H23FO6S. The van der Waals surface area contributed by atoms with Crippen molar-refractivity contribution < 1.29 is 31.7 Å². The van der Waals surface area contributed by atoms with Crippen LogP contribution in [0.5, 0.6) is 0 Å². The first-order valence-electron chi connectivity index (χ1n) is 8.49. The molecule has 4 fully saturated rings. The van der Waals surface area contributed by atoms with Gasteiger partial charge in [0.25, 0.3) is 0 Å². The van der Waals surface area contributed by atoms with Crippen LogP contribution in [0.25, 0.3) is 0 Å². The normalized spacial score (nSPS) is 38.0. The van der Waals surface area contributed by atoms with Gasteiger partial charge in [-0.15, -0.1) is 0 Å². The zero-order valence-electron chi connectivity index (χ0n) is 13.6. The van der Waals surface area contributed by atoms with Crippen LogP contribution in [0, 0.1) is 23.7 Å². The summed E-state index contributed by atoms with van der Waals surface area (Å²) in [4.78, 5) is 23.5. The van der Waals surface area contributed by atoms with E-state index >= 15 is 0 Å². The number of hydrogen-bond donors (Lipinski definition) is 1. The van der Waals surface area contributed by atoms with Gasteiger partial charge in [-0.25, -0.2) is 9.18 Å². The number of ether oxygens (including phenoxy) is 1. The summed E-state index contributed by atoms with van der Waals surface area (Å²) in [5, 5.41) is -4.04. The molecule has 1 N–H and O–H groups in total. The van der Waals surface area contributed by atoms with Crippen LogP contribution in [0.15, 0.2) is 0 Å². The van der Waals surface area contributed by atoms with Crippen molar-refractivity contribution in [1.82, 2.24) is 0 Å². The van der Waals surface area contributed by atoms with Gasteiger partial charge in [0.2, 0.25) is 0 Å². The van der Waals surface area contributed by atoms with E-state index in [0.29, 0.717) is 31.1 Å². The van der Waals surface area contributed by atoms with Crippen LogP contribution in [0.2, 0.25) is 0 Å². The summed E-state index contributed by atoms with van der Waals surface area (Å²) in [6.45, 7) is 0.610. The molecule has 0 aromatic heterocycles. The maximum absolute atomic E-state index is 14.5. The van der Waals surface area contributed by atoms with Crippen molar-refractivity contribution in [2.24, 2.45) is 23.7 Å². The number of alkyl halides is 1. The molecule has 0 aromatic carbocycles. The van der Waals surface area contributed by atoms with E-state index in [0.717, 1.165) is 19.3 Å². The molecule has 0 aromatic rings. The third-order valence-electron chi connectivity index (χ3n) is 5.99. The fourth-order valence-corrected chi connectivity index (χ4v) is 5.64. The SMILES string of the molecule is CC(=O)C(F)(C(=O)OC1CCC2CC3CC(C2)CC1C3)S(=O)(=O)O. The molecular weight excluding hydrogens is 339 g/mol. The highest BCUT2D eigenvalue weighted by molar-refractivity contribution is 7.88. The van der Waals surface area contributed by atoms with Gasteiger partial charge in [0.1, 0.15) is 6.10 Å². The summed E-state index contributed by atoms with van der Waals surface area (Å²) in [6.07, 6.45) is 6.11. The van der Waals surface area contributed by atoms with Gasteiger partial charge >= 0.3 is 21.1 Å². The molecule has 24 heavy (non-hydrogen) atoms. The van der Waals surface area contributed by atoms with Gasteiger partial charge in [-0.3, -0.25) is 9.35 Å². The second-order valence-electron chi connectivity index (χ2n) is 7.68. The van der Waals surface area contributed by atoms with Crippen LogP contribution in [0.3, 0.4) is 0 Å². The van der Waals surface area contributed by atoms with Gasteiger partial charge in [0.05, 0.1) is 0 Å². The van der Waals surface area contributed by atoms with E-state index < -0.39 is 33.0 Å². The number of hydrogen-bond acceptors (Lipinski definition) is 5. The topological polar surface area (TPSA) is 97.7 Å². The van der Waals surface area contributed by atoms with Crippen LogP contribution in [0.1, 0.15) is 51.9 Å². The molecule has 0 radical (unpaired) electrons. The lowest BCUT2D eigenvalue weighted by atomic mass is 9.60. The number of esters is 1. The van der Waals surface area contributed by atoms with Crippen LogP contribution >= 0.6 is 0 Å². The average Bonchev–Trinajstić information content (AvgIpc) is 2.46. The minimum Gasteiger partial charge on any atom is -0.458 e. The summed E-state index contributed by atoms with van der Waals surface area (Å²) in [5.41, 5.74) is 0. The average molecular weight is 362 g/mol. The number of carbonyl (C=O) groups excluding carboxylic acids is 2. The van der Waals surface area contributed by atoms with Gasteiger partial charge in [0.15, 0.2) is 5.78 Å². The van der Waals surface area contributed by atoms with E-state index in [-0.39, 0.29) is 5.92 Å². The maximum atomic E-state index is 14.5. The predicted molar refractivity (Wildman–Crippen MR) is 82.2 cm³/mol. The fraction of sp³-hybridized carbons (Fsp3) is 0.875. The second-order valence-corrected chi connectivity index (χ2v) is 9.20. The van der Waals surface area contributed by atoms with Crippen molar-refractivity contribution >= 4 is 21.9 Å². The Kier molecular flexibility index (Phi) is 4.49. The summed E-state index contributed by atoms with van der Waals surface area (Å²) >= 11 is 0. The molecule has 0 heterocycles. The highest BCUT2D eigenvalue weighted by atomic mass is 32.2. The summed E-state index contributed by atoms with van der Waals surface area (Å²) in [5.74, 6) is -1.60. The lowest BCUT2D eigenvalue weighted by Gasteiger charge is -2.47. The molecule has 0 aliphatic heterocycles. The molecule has 4 rings (SSSR count). The van der Waals surface area contributed by atoms with E-state index in [1.165, 1.54) is 19.3 Å². The van der Waals surface area contributed by atoms with Crippen molar-refractivity contribution in [1.29, 1.82) is 0 Å². The number of ketones is 1. The zero-order chi connectivity index (χ0) is 17.7. The Bertz CT molecular complexity index is 633. The first-order valence-corrected chi connectivity index (χ1v) is 9.93. The molecule has 4 aliphatic carbocycles. The Balaban J connectivity index is 1.80. The molecule has 0 saturated heterocycles. The van der Waals surface area contributed by atoms with E-state index in [2.05, 4.69) is 0 Å². The molecule has 4 unspecified atom stereocenters. The summed E-state index contributed by atoms with van der Waals surface area (Å²) in [6, 6.07) is 0. The quantitative estimate of drug-likeness (QED) is 0.468. The first-order chi connectivity index (χ1) is 11.1. The lowest BCUT2D eigenvalue weighted by molar-refractivity contribution is -0.167. The van der Waals surface area contributed by atoms with E-state index in [1.807, 2.05) is 0 Å². The Morgan fingerprint density at radius 1 is 1.04 bits per heavy atom. The third kappa shape index (κ3) is 2.98. The minimum atomic E-state index is -5.54. The maximum Gasteiger partial charge on any atom is 0.386 e. The van der Waals surface area contributed by atoms with E-state index in [4.69, 9.17) is 9.29 Å². The largest absolute Gasteiger partial charge is 0.458 e. The number of fused-ring (bicyclic) bond motifs is 2. The molecule has 4 saturated carbocycles. The van der Waals surface area contributed by atoms with Crippen LogP contribution in [0.4, 0.5) is 4.39 Å². The Hall–Kier alpha value is -1.02. The molecule has 8 heteroatoms. The molecule has 4 bridgehead atoms. The number of rotatable bonds is 4. The zero-order valence-corrected chi connectivity index (χ0v) is 14.4. The summed E-state index contributed by atoms with van der Waals surface area (Å²) < 4.78 is 51.1. The Morgan fingerprint density at radius 2 is 1.58 bits per heavy atom. The fourth-order valence-electron chi connectivity index (χ4n) is 5.01. The molecule has 0 amide bonds. The number of Topliss-reactive ketones (excluding diaryl/α,β-unsaturated/α-hetero) is 1. The number of halogens is 1. The standard InChI is InChI=1S/C16H23FO6S/c1-9(18)16(17,24(20,21)22)15(19)23-14-3-2-10-4-11-6-12(5-10)8-13(14)7-11/h10-14H,2-8H2,1H3,(H,20,21,22). The number of carbonyl (C=O) groups is 2. The third-order valence-corrected chi connectivity index (χ3v) is 7.15. The minimum absolute atomic E-state index is 0.0663. The van der Waals surface area contributed by atoms with Gasteiger partial charge in [-0.1, -0.05) is 0 Å². The van der Waals surface area contributed by atoms with Gasteiger partial charge < -0.3 is 4.74 Å². The van der Waals surface area contributed by atoms with Crippen molar-refractivity contribution in [2.45, 2.75) is 63.0 Å². The monoisotopic (exact) mass is 362 g/mol. The second kappa shape index (κ2) is 6.05. The van der Waals surface area contributed by atoms with E-state index in [1.54, 1.807) is 0 Å². The highest BCUT2D eigenvalue weighted by Gasteiger charge is 2.58. The summed E-state index contributed by atoms with van der Waals surface area (Å²) in [7, 11) is -5.54. The van der Waals surface area contributed by atoms with Crippen molar-refractivity contribution in [3.63, 3.8) is 0 Å². The Labute approximate surface area is 140 Å². The molecule has 4 atom stereocenters. The molecule has 136 valence electrons. The highest BCUT2D eigenvalue weighted by Crippen LogP contribution is 2.50. The van der Waals surface area contributed by atoms with Crippen molar-refractivity contribution in [3.8, 4) is 0 Å². The van der Waals surface area contributed by atoms with Gasteiger partial charge in [-0.05, 0) is 75.5 Å². The molecule has 6 nitrogen and oxygen atoms in total. The molecule has 4 aliphatic rings. The smallest absolute Gasteiger partial charge is 0.386 e. The van der Waals surface area contributed by atoms with Crippen LogP contribution in [-0.4, -0.2) is 35.8 Å². The first kappa shape index (κ1) is 17.8. The molecule has 0 spiro atoms. The van der Waals surface area contributed by atoms with E-state index in [9.17, 15) is 22.4 Å². The van der Waals surface area contributed by atoms with Crippen LogP contribution in [-0.2, 0) is 24.4 Å². The predicted octanol–water partition coefficient (Wildman–Crippen LogP) is 2.28. The Morgan fingerprint density at radius 3 is 2.08 bits per heavy atom. The van der Waals surface area contributed by atoms with Crippen molar-refractivity contribution in [2.75, 3.05) is 0 Å². The van der Waals surface area contributed by atoms with Crippen molar-refractivity contribution in [3.05, 3.63) is 0 Å². The van der Waals surface area contributed by atoms with Crippen LogP contribution < -0.4 is 0 Å². The van der Waals surface area contributed by atoms with Gasteiger partial charge in [0, 0.05) is 0 Å². The lowest BCUT2D eigenvalue weighted by Crippen LogP contribution is -2.51.